The molecule has 134 valence electrons. The van der Waals surface area contributed by atoms with Crippen molar-refractivity contribution in [2.24, 2.45) is 0 Å². The van der Waals surface area contributed by atoms with Gasteiger partial charge in [0.15, 0.2) is 5.65 Å². The second-order valence-corrected chi connectivity index (χ2v) is 6.03. The van der Waals surface area contributed by atoms with E-state index in [9.17, 15) is 9.59 Å². The number of hydrogen-bond acceptors (Lipinski definition) is 6. The number of pyridine rings is 1. The molecule has 0 aromatic carbocycles. The van der Waals surface area contributed by atoms with E-state index >= 15 is 0 Å². The van der Waals surface area contributed by atoms with Crippen LogP contribution >= 0.6 is 0 Å². The number of likely N-dealkylation sites (tertiary alicyclic amines) is 1. The van der Waals surface area contributed by atoms with E-state index in [-0.39, 0.29) is 11.6 Å². The summed E-state index contributed by atoms with van der Waals surface area (Å²) in [7, 11) is 1.55. The van der Waals surface area contributed by atoms with Crippen LogP contribution in [0.3, 0.4) is 0 Å². The van der Waals surface area contributed by atoms with Crippen LogP contribution in [0, 0.1) is 0 Å². The second-order valence-electron chi connectivity index (χ2n) is 6.03. The maximum Gasteiger partial charge on any atom is 0.404 e. The molecule has 25 heavy (non-hydrogen) atoms. The summed E-state index contributed by atoms with van der Waals surface area (Å²) in [4.78, 5) is 33.4. The molecule has 1 aliphatic rings. The van der Waals surface area contributed by atoms with Crippen LogP contribution in [-0.2, 0) is 6.54 Å². The molecule has 1 amide bonds. The number of nitrogens with one attached hydrogen (secondary N) is 1. The molecule has 1 fully saturated rings. The van der Waals surface area contributed by atoms with Crippen molar-refractivity contribution >= 4 is 17.3 Å². The van der Waals surface area contributed by atoms with Gasteiger partial charge >= 0.3 is 6.09 Å². The number of ether oxygens (including phenoxy) is 1. The average molecular weight is 347 g/mol. The van der Waals surface area contributed by atoms with Gasteiger partial charge in [-0.15, -0.1) is 0 Å². The number of carboxylic acid groups (broad SMARTS) is 1. The van der Waals surface area contributed by atoms with Gasteiger partial charge in [-0.05, 0) is 12.8 Å². The van der Waals surface area contributed by atoms with E-state index in [1.165, 1.54) is 6.20 Å². The number of hydrogen-bond donors (Lipinski definition) is 2. The standard InChI is InChI=1S/C16H21N5O4/c1-25-12-8-13-15(17-9-12)18-10-14(22)21(13)7-6-20-4-2-11(3-5-20)19-16(23)24/h8-11,19H,2-7H2,1H3,(H,23,24). The molecule has 0 aliphatic carbocycles. The van der Waals surface area contributed by atoms with Crippen LogP contribution in [0.15, 0.2) is 23.3 Å². The molecule has 0 atom stereocenters. The van der Waals surface area contributed by atoms with Crippen molar-refractivity contribution in [2.75, 3.05) is 26.7 Å². The van der Waals surface area contributed by atoms with E-state index in [1.807, 2.05) is 0 Å². The van der Waals surface area contributed by atoms with Crippen molar-refractivity contribution in [3.05, 3.63) is 28.8 Å². The smallest absolute Gasteiger partial charge is 0.404 e. The van der Waals surface area contributed by atoms with Gasteiger partial charge in [-0.25, -0.2) is 14.8 Å². The lowest BCUT2D eigenvalue weighted by atomic mass is 10.1. The van der Waals surface area contributed by atoms with Gasteiger partial charge < -0.3 is 24.6 Å². The molecule has 3 rings (SSSR count). The molecule has 1 aliphatic heterocycles. The molecule has 9 nitrogen and oxygen atoms in total. The highest BCUT2D eigenvalue weighted by molar-refractivity contribution is 5.71. The fourth-order valence-electron chi connectivity index (χ4n) is 3.09. The third-order valence-electron chi connectivity index (χ3n) is 4.47. The molecular weight excluding hydrogens is 326 g/mol. The van der Waals surface area contributed by atoms with Gasteiger partial charge in [-0.1, -0.05) is 0 Å². The van der Waals surface area contributed by atoms with E-state index in [0.717, 1.165) is 25.9 Å². The van der Waals surface area contributed by atoms with Crippen molar-refractivity contribution in [2.45, 2.75) is 25.4 Å². The highest BCUT2D eigenvalue weighted by Crippen LogP contribution is 2.16. The van der Waals surface area contributed by atoms with E-state index in [2.05, 4.69) is 20.2 Å². The molecular formula is C16H21N5O4. The van der Waals surface area contributed by atoms with Crippen LogP contribution < -0.4 is 15.6 Å². The summed E-state index contributed by atoms with van der Waals surface area (Å²) in [5, 5.41) is 11.3. The lowest BCUT2D eigenvalue weighted by Gasteiger charge is -2.31. The van der Waals surface area contributed by atoms with E-state index in [4.69, 9.17) is 9.84 Å². The normalized spacial score (nSPS) is 16.0. The zero-order valence-electron chi connectivity index (χ0n) is 14.0. The van der Waals surface area contributed by atoms with Gasteiger partial charge in [0.05, 0.1) is 25.0 Å². The van der Waals surface area contributed by atoms with Crippen molar-refractivity contribution in [1.82, 2.24) is 24.8 Å². The number of carbonyl (C=O) groups is 1. The fourth-order valence-corrected chi connectivity index (χ4v) is 3.09. The first kappa shape index (κ1) is 17.2. The largest absolute Gasteiger partial charge is 0.495 e. The minimum absolute atomic E-state index is 0.00619. The second kappa shape index (κ2) is 7.47. The van der Waals surface area contributed by atoms with E-state index in [1.54, 1.807) is 23.9 Å². The quantitative estimate of drug-likeness (QED) is 0.812. The summed E-state index contributed by atoms with van der Waals surface area (Å²) >= 11 is 0. The highest BCUT2D eigenvalue weighted by atomic mass is 16.5. The summed E-state index contributed by atoms with van der Waals surface area (Å²) in [5.41, 5.74) is 0.976. The molecule has 2 N–H and O–H groups in total. The van der Waals surface area contributed by atoms with Gasteiger partial charge in [-0.3, -0.25) is 4.79 Å². The molecule has 0 spiro atoms. The van der Waals surface area contributed by atoms with E-state index in [0.29, 0.717) is 30.0 Å². The van der Waals surface area contributed by atoms with Crippen molar-refractivity contribution < 1.29 is 14.6 Å². The van der Waals surface area contributed by atoms with Gasteiger partial charge in [0.1, 0.15) is 5.75 Å². The van der Waals surface area contributed by atoms with Crippen LogP contribution in [0.2, 0.25) is 0 Å². The van der Waals surface area contributed by atoms with Crippen molar-refractivity contribution in [1.29, 1.82) is 0 Å². The molecule has 0 bridgehead atoms. The minimum Gasteiger partial charge on any atom is -0.495 e. The van der Waals surface area contributed by atoms with Gasteiger partial charge in [0.25, 0.3) is 5.56 Å². The first-order valence-electron chi connectivity index (χ1n) is 8.18. The van der Waals surface area contributed by atoms with Crippen LogP contribution in [0.4, 0.5) is 4.79 Å². The van der Waals surface area contributed by atoms with Crippen LogP contribution in [0.5, 0.6) is 5.75 Å². The monoisotopic (exact) mass is 347 g/mol. The maximum atomic E-state index is 12.2. The number of aromatic nitrogens is 3. The van der Waals surface area contributed by atoms with E-state index < -0.39 is 6.09 Å². The first-order valence-corrected chi connectivity index (χ1v) is 8.18. The molecule has 9 heteroatoms. The summed E-state index contributed by atoms with van der Waals surface area (Å²) < 4.78 is 6.84. The Kier molecular flexibility index (Phi) is 5.13. The predicted octanol–water partition coefficient (Wildman–Crippen LogP) is 0.532. The van der Waals surface area contributed by atoms with Crippen LogP contribution in [0.1, 0.15) is 12.8 Å². The predicted molar refractivity (Wildman–Crippen MR) is 91.0 cm³/mol. The SMILES string of the molecule is COc1cnc2ncc(=O)n(CCN3CCC(NC(=O)O)CC3)c2c1. The third kappa shape index (κ3) is 4.05. The Morgan fingerprint density at radius 1 is 1.32 bits per heavy atom. The highest BCUT2D eigenvalue weighted by Gasteiger charge is 2.20. The molecule has 1 saturated heterocycles. The third-order valence-corrected chi connectivity index (χ3v) is 4.47. The van der Waals surface area contributed by atoms with Gasteiger partial charge in [0.2, 0.25) is 0 Å². The Bertz CT molecular complexity index is 814. The summed E-state index contributed by atoms with van der Waals surface area (Å²) in [5.74, 6) is 0.578. The summed E-state index contributed by atoms with van der Waals surface area (Å²) in [6.07, 6.45) is 3.42. The summed E-state index contributed by atoms with van der Waals surface area (Å²) in [6.45, 7) is 2.81. The Hall–Kier alpha value is -2.68. The van der Waals surface area contributed by atoms with Gasteiger partial charge in [-0.2, -0.15) is 0 Å². The zero-order valence-corrected chi connectivity index (χ0v) is 14.0. The molecule has 2 aromatic heterocycles. The molecule has 0 saturated carbocycles. The Morgan fingerprint density at radius 2 is 2.04 bits per heavy atom. The topological polar surface area (TPSA) is 110 Å². The van der Waals surface area contributed by atoms with Gasteiger partial charge in [0, 0.05) is 38.3 Å². The summed E-state index contributed by atoms with van der Waals surface area (Å²) in [6, 6.07) is 1.77. The minimum atomic E-state index is -0.977. The first-order chi connectivity index (χ1) is 12.1. The average Bonchev–Trinajstić information content (AvgIpc) is 2.61. The zero-order chi connectivity index (χ0) is 17.8. The number of amides is 1. The van der Waals surface area contributed by atoms with Crippen LogP contribution in [0.25, 0.3) is 11.2 Å². The number of methoxy groups -OCH3 is 1. The van der Waals surface area contributed by atoms with Crippen molar-refractivity contribution in [3.63, 3.8) is 0 Å². The maximum absolute atomic E-state index is 12.2. The lowest BCUT2D eigenvalue weighted by Crippen LogP contribution is -2.45. The van der Waals surface area contributed by atoms with Crippen LogP contribution in [-0.4, -0.2) is 63.4 Å². The Labute approximate surface area is 144 Å². The lowest BCUT2D eigenvalue weighted by molar-refractivity contribution is 0.166. The Morgan fingerprint density at radius 3 is 2.72 bits per heavy atom. The fraction of sp³-hybridized carbons (Fsp3) is 0.500. The number of rotatable bonds is 5. The number of nitrogens with zero attached hydrogens (tertiary/aromatic N) is 4. The van der Waals surface area contributed by atoms with Crippen molar-refractivity contribution in [3.8, 4) is 5.75 Å². The number of fused-ring (bicyclic) bond motifs is 1. The molecule has 0 unspecified atom stereocenters. The molecule has 3 heterocycles. The number of piperidine rings is 1. The molecule has 0 radical (unpaired) electrons. The Balaban J connectivity index is 1.68. The molecule has 2 aromatic rings.